The van der Waals surface area contributed by atoms with Gasteiger partial charge < -0.3 is 4.98 Å². The molecule has 21 heavy (non-hydrogen) atoms. The highest BCUT2D eigenvalue weighted by Gasteiger charge is 2.12. The number of aromatic amines is 3. The minimum atomic E-state index is -0.594. The van der Waals surface area contributed by atoms with Crippen LogP contribution >= 0.6 is 0 Å². The Morgan fingerprint density at radius 2 is 1.81 bits per heavy atom. The maximum Gasteiger partial charge on any atom is 0.327 e. The smallest absolute Gasteiger partial charge is 0.327 e. The maximum absolute atomic E-state index is 11.7. The molecule has 4 aromatic rings. The normalized spacial score (nSPS) is 11.2. The van der Waals surface area contributed by atoms with Crippen LogP contribution in [-0.2, 0) is 0 Å². The number of nitrogens with zero attached hydrogens (tertiary/aromatic N) is 3. The van der Waals surface area contributed by atoms with Crippen LogP contribution in [0.2, 0.25) is 0 Å². The van der Waals surface area contributed by atoms with Crippen LogP contribution in [0.4, 0.5) is 0 Å². The molecule has 0 spiro atoms. The fourth-order valence-corrected chi connectivity index (χ4v) is 2.24. The molecule has 102 valence electrons. The average molecular weight is 280 g/mol. The van der Waals surface area contributed by atoms with Crippen LogP contribution in [0.3, 0.4) is 0 Å². The molecule has 0 bridgehead atoms. The number of imidazole rings is 1. The molecule has 0 radical (unpaired) electrons. The third kappa shape index (κ3) is 1.73. The SMILES string of the molecule is O=c1[nH]c(=O)c2[nH]c(-c3cccc4nccnc34)nc2[nH]1. The van der Waals surface area contributed by atoms with Gasteiger partial charge in [-0.2, -0.15) is 0 Å². The van der Waals surface area contributed by atoms with Crippen LogP contribution in [0.5, 0.6) is 0 Å². The Bertz CT molecular complexity index is 1090. The van der Waals surface area contributed by atoms with Crippen LogP contribution in [0.25, 0.3) is 33.6 Å². The zero-order valence-electron chi connectivity index (χ0n) is 10.5. The second kappa shape index (κ2) is 4.10. The fraction of sp³-hybridized carbons (Fsp3) is 0. The van der Waals surface area contributed by atoms with E-state index in [0.29, 0.717) is 16.9 Å². The van der Waals surface area contributed by atoms with Crippen molar-refractivity contribution in [2.75, 3.05) is 0 Å². The first-order valence-corrected chi connectivity index (χ1v) is 6.15. The molecule has 0 saturated carbocycles. The molecule has 0 unspecified atom stereocenters. The molecule has 0 aliphatic carbocycles. The molecule has 0 aliphatic heterocycles. The van der Waals surface area contributed by atoms with E-state index in [9.17, 15) is 9.59 Å². The van der Waals surface area contributed by atoms with E-state index in [1.807, 2.05) is 18.2 Å². The molecule has 3 heterocycles. The van der Waals surface area contributed by atoms with Gasteiger partial charge in [0.25, 0.3) is 5.56 Å². The molecule has 0 amide bonds. The Balaban J connectivity index is 2.07. The molecule has 8 heteroatoms. The molecule has 0 saturated heterocycles. The summed E-state index contributed by atoms with van der Waals surface area (Å²) in [6.07, 6.45) is 3.19. The minimum absolute atomic E-state index is 0.208. The fourth-order valence-electron chi connectivity index (χ4n) is 2.24. The molecule has 3 aromatic heterocycles. The molecule has 3 N–H and O–H groups in total. The Morgan fingerprint density at radius 1 is 0.952 bits per heavy atom. The first-order valence-electron chi connectivity index (χ1n) is 6.15. The number of fused-ring (bicyclic) bond motifs is 2. The summed E-state index contributed by atoms with van der Waals surface area (Å²) in [5, 5.41) is 0. The quantitative estimate of drug-likeness (QED) is 0.470. The number of para-hydroxylation sites is 1. The summed E-state index contributed by atoms with van der Waals surface area (Å²) < 4.78 is 0. The highest BCUT2D eigenvalue weighted by molar-refractivity contribution is 5.90. The minimum Gasteiger partial charge on any atom is -0.332 e. The van der Waals surface area contributed by atoms with Crippen molar-refractivity contribution in [3.8, 4) is 11.4 Å². The number of benzene rings is 1. The van der Waals surface area contributed by atoms with E-state index in [-0.39, 0.29) is 11.2 Å². The summed E-state index contributed by atoms with van der Waals surface area (Å²) in [6, 6.07) is 5.48. The second-order valence-electron chi connectivity index (χ2n) is 4.45. The first kappa shape index (κ1) is 11.5. The van der Waals surface area contributed by atoms with Crippen molar-refractivity contribution in [1.29, 1.82) is 0 Å². The van der Waals surface area contributed by atoms with Crippen LogP contribution < -0.4 is 11.2 Å². The predicted molar refractivity (Wildman–Crippen MR) is 75.9 cm³/mol. The topological polar surface area (TPSA) is 120 Å². The second-order valence-corrected chi connectivity index (χ2v) is 4.45. The van der Waals surface area contributed by atoms with E-state index in [1.165, 1.54) is 0 Å². The lowest BCUT2D eigenvalue weighted by atomic mass is 10.1. The van der Waals surface area contributed by atoms with E-state index in [2.05, 4.69) is 29.9 Å². The predicted octanol–water partition coefficient (Wildman–Crippen LogP) is 0.550. The van der Waals surface area contributed by atoms with Gasteiger partial charge in [-0.1, -0.05) is 6.07 Å². The van der Waals surface area contributed by atoms with Gasteiger partial charge in [0.15, 0.2) is 5.65 Å². The third-order valence-corrected chi connectivity index (χ3v) is 3.14. The summed E-state index contributed by atoms with van der Waals surface area (Å²) in [6.45, 7) is 0. The van der Waals surface area contributed by atoms with Crippen molar-refractivity contribution in [2.24, 2.45) is 0 Å². The van der Waals surface area contributed by atoms with Crippen molar-refractivity contribution in [2.45, 2.75) is 0 Å². The molecule has 8 nitrogen and oxygen atoms in total. The molecule has 0 fully saturated rings. The van der Waals surface area contributed by atoms with Crippen molar-refractivity contribution >= 4 is 22.2 Å². The lowest BCUT2D eigenvalue weighted by molar-refractivity contribution is 1.07. The largest absolute Gasteiger partial charge is 0.332 e. The summed E-state index contributed by atoms with van der Waals surface area (Å²) in [7, 11) is 0. The Hall–Kier alpha value is -3.29. The van der Waals surface area contributed by atoms with Gasteiger partial charge in [-0.15, -0.1) is 0 Å². The molecule has 1 aromatic carbocycles. The zero-order chi connectivity index (χ0) is 14.4. The molecular weight excluding hydrogens is 272 g/mol. The standard InChI is InChI=1S/C13H8N6O2/c20-12-9-11(18-13(21)19-12)17-10(16-9)6-2-1-3-7-8(6)15-5-4-14-7/h1-5H,(H3,16,17,18,19,20,21). The van der Waals surface area contributed by atoms with Gasteiger partial charge in [0.05, 0.1) is 11.0 Å². The molecular formula is C13H8N6O2. The highest BCUT2D eigenvalue weighted by Crippen LogP contribution is 2.24. The number of aromatic nitrogens is 6. The van der Waals surface area contributed by atoms with Gasteiger partial charge in [0.1, 0.15) is 11.3 Å². The highest BCUT2D eigenvalue weighted by atomic mass is 16.2. The lowest BCUT2D eigenvalue weighted by Crippen LogP contribution is -2.21. The number of hydrogen-bond donors (Lipinski definition) is 3. The van der Waals surface area contributed by atoms with E-state index in [1.54, 1.807) is 12.4 Å². The molecule has 4 rings (SSSR count). The van der Waals surface area contributed by atoms with Crippen molar-refractivity contribution in [3.05, 3.63) is 51.4 Å². The van der Waals surface area contributed by atoms with Gasteiger partial charge in [0, 0.05) is 18.0 Å². The van der Waals surface area contributed by atoms with Gasteiger partial charge in [-0.3, -0.25) is 24.7 Å². The van der Waals surface area contributed by atoms with Crippen LogP contribution in [0.1, 0.15) is 0 Å². The van der Waals surface area contributed by atoms with E-state index in [4.69, 9.17) is 0 Å². The van der Waals surface area contributed by atoms with E-state index < -0.39 is 11.2 Å². The van der Waals surface area contributed by atoms with Crippen molar-refractivity contribution in [1.82, 2.24) is 29.9 Å². The Morgan fingerprint density at radius 3 is 2.71 bits per heavy atom. The van der Waals surface area contributed by atoms with Gasteiger partial charge >= 0.3 is 5.69 Å². The first-order chi connectivity index (χ1) is 10.2. The summed E-state index contributed by atoms with van der Waals surface area (Å²) in [5.41, 5.74) is 1.40. The van der Waals surface area contributed by atoms with Crippen LogP contribution in [0.15, 0.2) is 40.2 Å². The van der Waals surface area contributed by atoms with Crippen LogP contribution in [0, 0.1) is 0 Å². The summed E-state index contributed by atoms with van der Waals surface area (Å²) >= 11 is 0. The van der Waals surface area contributed by atoms with Crippen LogP contribution in [-0.4, -0.2) is 29.9 Å². The number of rotatable bonds is 1. The summed E-state index contributed by atoms with van der Waals surface area (Å²) in [5.74, 6) is 0.448. The molecule has 0 atom stereocenters. The van der Waals surface area contributed by atoms with E-state index in [0.717, 1.165) is 5.52 Å². The lowest BCUT2D eigenvalue weighted by Gasteiger charge is -2.01. The van der Waals surface area contributed by atoms with Gasteiger partial charge in [-0.25, -0.2) is 9.78 Å². The zero-order valence-corrected chi connectivity index (χ0v) is 10.5. The average Bonchev–Trinajstić information content (AvgIpc) is 2.90. The van der Waals surface area contributed by atoms with Crippen molar-refractivity contribution in [3.63, 3.8) is 0 Å². The third-order valence-electron chi connectivity index (χ3n) is 3.14. The molecule has 0 aliphatic rings. The van der Waals surface area contributed by atoms with Gasteiger partial charge in [0.2, 0.25) is 0 Å². The number of hydrogen-bond acceptors (Lipinski definition) is 5. The summed E-state index contributed by atoms with van der Waals surface area (Å²) in [4.78, 5) is 43.3. The van der Waals surface area contributed by atoms with E-state index >= 15 is 0 Å². The Kier molecular flexibility index (Phi) is 2.25. The van der Waals surface area contributed by atoms with Gasteiger partial charge in [-0.05, 0) is 12.1 Å². The Labute approximate surface area is 115 Å². The monoisotopic (exact) mass is 280 g/mol. The number of H-pyrrole nitrogens is 3. The number of nitrogens with one attached hydrogen (secondary N) is 3. The van der Waals surface area contributed by atoms with Crippen molar-refractivity contribution < 1.29 is 0 Å². The maximum atomic E-state index is 11.7.